The maximum Gasteiger partial charge on any atom is 0.120 e. The third-order valence-corrected chi connectivity index (χ3v) is 6.70. The Labute approximate surface area is 243 Å². The van der Waals surface area contributed by atoms with Crippen molar-refractivity contribution in [2.75, 3.05) is 13.2 Å². The highest BCUT2D eigenvalue weighted by Gasteiger charge is 2.03. The zero-order valence-corrected chi connectivity index (χ0v) is 23.3. The second-order valence-electron chi connectivity index (χ2n) is 9.91. The fourth-order valence-corrected chi connectivity index (χ4v) is 4.57. The van der Waals surface area contributed by atoms with Crippen molar-refractivity contribution < 1.29 is 20.1 Å². The Kier molecular flexibility index (Phi) is 11.6. The molecule has 4 heteroatoms. The molecule has 0 atom stereocenters. The van der Waals surface area contributed by atoms with Crippen molar-refractivity contribution in [1.82, 2.24) is 0 Å². The lowest BCUT2D eigenvalue weighted by Crippen LogP contribution is -1.95. The first-order chi connectivity index (χ1) is 20.1. The molecular formula is C37H38O4. The Bertz CT molecular complexity index is 1480. The van der Waals surface area contributed by atoms with Crippen LogP contribution in [0.3, 0.4) is 0 Å². The summed E-state index contributed by atoms with van der Waals surface area (Å²) in [7, 11) is 0. The first-order valence-corrected chi connectivity index (χ1v) is 14.1. The predicted molar refractivity (Wildman–Crippen MR) is 167 cm³/mol. The second-order valence-corrected chi connectivity index (χ2v) is 9.91. The second kappa shape index (κ2) is 16.0. The third kappa shape index (κ3) is 9.64. The monoisotopic (exact) mass is 546 g/mol. The van der Waals surface area contributed by atoms with Crippen LogP contribution in [0.4, 0.5) is 0 Å². The molecule has 0 fully saturated rings. The van der Waals surface area contributed by atoms with Crippen LogP contribution in [0.2, 0.25) is 0 Å². The number of aryl methyl sites for hydroxylation is 2. The van der Waals surface area contributed by atoms with Gasteiger partial charge in [0.25, 0.3) is 0 Å². The maximum atomic E-state index is 9.45. The first-order valence-electron chi connectivity index (χ1n) is 14.1. The van der Waals surface area contributed by atoms with E-state index in [1.165, 1.54) is 16.7 Å². The third-order valence-electron chi connectivity index (χ3n) is 6.70. The number of hydrogen-bond acceptors (Lipinski definition) is 4. The summed E-state index contributed by atoms with van der Waals surface area (Å²) in [6, 6.07) is 42.3. The minimum atomic E-state index is 0.219. The lowest BCUT2D eigenvalue weighted by molar-refractivity contribution is 0.288. The van der Waals surface area contributed by atoms with Crippen molar-refractivity contribution in [2.24, 2.45) is 0 Å². The summed E-state index contributed by atoms with van der Waals surface area (Å²) < 4.78 is 5.92. The van der Waals surface area contributed by atoms with E-state index in [-0.39, 0.29) is 19.0 Å². The quantitative estimate of drug-likeness (QED) is 0.158. The molecule has 0 spiro atoms. The van der Waals surface area contributed by atoms with Crippen LogP contribution in [0, 0.1) is 0 Å². The van der Waals surface area contributed by atoms with E-state index < -0.39 is 0 Å². The molecule has 0 aromatic heterocycles. The van der Waals surface area contributed by atoms with Crippen molar-refractivity contribution in [3.8, 4) is 33.8 Å². The highest BCUT2D eigenvalue weighted by molar-refractivity contribution is 5.66. The van der Waals surface area contributed by atoms with E-state index in [0.717, 1.165) is 53.7 Å². The lowest BCUT2D eigenvalue weighted by Gasteiger charge is -2.09. The summed E-state index contributed by atoms with van der Waals surface area (Å²) in [5, 5.41) is 27.3. The van der Waals surface area contributed by atoms with Crippen LogP contribution < -0.4 is 4.74 Å². The molecule has 0 aliphatic rings. The standard InChI is InChI=1S/C22H22O2.C15H16O2/c23-14-6-10-18-9-4-11-20(15-18)21-12-5-13-22(16-21)24-17-19-7-2-1-3-8-19;16-9-3-5-12-4-1-6-13(10-12)14-7-2-8-15(17)11-14/h1-5,7-9,11-13,15-16,23H,6,10,14,17H2;1-2,4,6-8,10-11,16-17H,3,5,9H2. The van der Waals surface area contributed by atoms with Gasteiger partial charge in [-0.15, -0.1) is 0 Å². The molecule has 5 aromatic rings. The van der Waals surface area contributed by atoms with E-state index >= 15 is 0 Å². The molecule has 0 radical (unpaired) electrons. The maximum absolute atomic E-state index is 9.45. The normalized spacial score (nSPS) is 10.5. The van der Waals surface area contributed by atoms with Gasteiger partial charge < -0.3 is 20.1 Å². The molecule has 0 amide bonds. The van der Waals surface area contributed by atoms with Crippen molar-refractivity contribution in [3.63, 3.8) is 0 Å². The Morgan fingerprint density at radius 2 is 0.951 bits per heavy atom. The van der Waals surface area contributed by atoms with E-state index in [1.807, 2.05) is 54.6 Å². The Morgan fingerprint density at radius 3 is 1.51 bits per heavy atom. The molecule has 5 rings (SSSR count). The van der Waals surface area contributed by atoms with Gasteiger partial charge in [0.1, 0.15) is 18.1 Å². The summed E-state index contributed by atoms with van der Waals surface area (Å²) >= 11 is 0. The Hall–Kier alpha value is -4.38. The molecule has 0 aliphatic heterocycles. The molecular weight excluding hydrogens is 508 g/mol. The van der Waals surface area contributed by atoms with Crippen molar-refractivity contribution >= 4 is 0 Å². The number of benzene rings is 5. The molecule has 0 heterocycles. The van der Waals surface area contributed by atoms with E-state index in [2.05, 4.69) is 60.7 Å². The Balaban J connectivity index is 0.000000201. The van der Waals surface area contributed by atoms with E-state index in [1.54, 1.807) is 12.1 Å². The minimum Gasteiger partial charge on any atom is -0.508 e. The van der Waals surface area contributed by atoms with Crippen LogP contribution in [-0.4, -0.2) is 28.5 Å². The number of aliphatic hydroxyl groups is 2. The van der Waals surface area contributed by atoms with Crippen LogP contribution in [0.15, 0.2) is 127 Å². The predicted octanol–water partition coefficient (Wildman–Crippen LogP) is 7.84. The van der Waals surface area contributed by atoms with E-state index in [0.29, 0.717) is 6.61 Å². The SMILES string of the molecule is OCCCc1cccc(-c2cccc(O)c2)c1.OCCCc1cccc(-c2cccc(OCc3ccccc3)c2)c1. The zero-order chi connectivity index (χ0) is 28.7. The summed E-state index contributed by atoms with van der Waals surface area (Å²) in [4.78, 5) is 0. The number of aliphatic hydroxyl groups excluding tert-OH is 2. The van der Waals surface area contributed by atoms with E-state index in [9.17, 15) is 5.11 Å². The van der Waals surface area contributed by atoms with Crippen LogP contribution >= 0.6 is 0 Å². The van der Waals surface area contributed by atoms with Gasteiger partial charge >= 0.3 is 0 Å². The van der Waals surface area contributed by atoms with Crippen LogP contribution in [0.5, 0.6) is 11.5 Å². The number of hydrogen-bond donors (Lipinski definition) is 3. The average molecular weight is 547 g/mol. The molecule has 0 unspecified atom stereocenters. The van der Waals surface area contributed by atoms with Gasteiger partial charge in [-0.3, -0.25) is 0 Å². The van der Waals surface area contributed by atoms with Gasteiger partial charge in [0.05, 0.1) is 0 Å². The summed E-state index contributed by atoms with van der Waals surface area (Å²) in [5.41, 5.74) is 8.04. The van der Waals surface area contributed by atoms with Crippen LogP contribution in [0.25, 0.3) is 22.3 Å². The largest absolute Gasteiger partial charge is 0.508 e. The number of phenolic OH excluding ortho intramolecular Hbond substituents is 1. The van der Waals surface area contributed by atoms with Crippen molar-refractivity contribution in [3.05, 3.63) is 144 Å². The van der Waals surface area contributed by atoms with Gasteiger partial charge in [-0.25, -0.2) is 0 Å². The Morgan fingerprint density at radius 1 is 0.463 bits per heavy atom. The fourth-order valence-electron chi connectivity index (χ4n) is 4.57. The van der Waals surface area contributed by atoms with Gasteiger partial charge in [-0.2, -0.15) is 0 Å². The summed E-state index contributed by atoms with van der Waals surface area (Å²) in [6.07, 6.45) is 3.35. The molecule has 0 saturated carbocycles. The smallest absolute Gasteiger partial charge is 0.120 e. The number of aromatic hydroxyl groups is 1. The molecule has 4 nitrogen and oxygen atoms in total. The average Bonchev–Trinajstić information content (AvgIpc) is 3.03. The molecule has 210 valence electrons. The van der Waals surface area contributed by atoms with Gasteiger partial charge in [0, 0.05) is 13.2 Å². The topological polar surface area (TPSA) is 69.9 Å². The fraction of sp³-hybridized carbons (Fsp3) is 0.189. The highest BCUT2D eigenvalue weighted by Crippen LogP contribution is 2.26. The van der Waals surface area contributed by atoms with Gasteiger partial charge in [-0.05, 0) is 88.9 Å². The summed E-state index contributed by atoms with van der Waals surface area (Å²) in [5.74, 6) is 1.15. The van der Waals surface area contributed by atoms with Crippen molar-refractivity contribution in [2.45, 2.75) is 32.3 Å². The van der Waals surface area contributed by atoms with Gasteiger partial charge in [-0.1, -0.05) is 103 Å². The molecule has 0 bridgehead atoms. The lowest BCUT2D eigenvalue weighted by atomic mass is 10.0. The van der Waals surface area contributed by atoms with E-state index in [4.69, 9.17) is 14.9 Å². The van der Waals surface area contributed by atoms with Crippen molar-refractivity contribution in [1.29, 1.82) is 0 Å². The van der Waals surface area contributed by atoms with Crippen LogP contribution in [0.1, 0.15) is 29.5 Å². The molecule has 0 aliphatic carbocycles. The molecule has 41 heavy (non-hydrogen) atoms. The molecule has 0 saturated heterocycles. The first kappa shape index (κ1) is 29.6. The summed E-state index contributed by atoms with van der Waals surface area (Å²) in [6.45, 7) is 1.02. The van der Waals surface area contributed by atoms with Gasteiger partial charge in [0.2, 0.25) is 0 Å². The molecule has 3 N–H and O–H groups in total. The number of phenols is 1. The molecule has 5 aromatic carbocycles. The highest BCUT2D eigenvalue weighted by atomic mass is 16.5. The minimum absolute atomic E-state index is 0.219. The number of ether oxygens (including phenoxy) is 1. The number of rotatable bonds is 11. The zero-order valence-electron chi connectivity index (χ0n) is 23.3. The van der Waals surface area contributed by atoms with Crippen LogP contribution in [-0.2, 0) is 19.4 Å². The van der Waals surface area contributed by atoms with Gasteiger partial charge in [0.15, 0.2) is 0 Å².